The van der Waals surface area contributed by atoms with Gasteiger partial charge in [-0.05, 0) is 31.0 Å². The molecule has 6 heterocycles. The standard InChI is InChI=1S/C37H39N6O6PSi/c1-51(26-14-7-3-8-15-26,27-16-9-4-10-17-27)20-29-28-18-11-19-43(28)50(48-29)49-32-31-36(47-37(32,21-44)22-46-31)42-24-40-30-33(38-23-39-34(30)42)41-35(45)25-12-5-2-6-13-25/h2-10,12-17,23-24,28-29,31-32,36,44H,11,18-22H2,1H3,(H,38,39,41,45)/t28-,29+,31-,32?,36+,37-,50+/m0/s1. The van der Waals surface area contributed by atoms with E-state index < -0.39 is 40.6 Å². The second kappa shape index (κ2) is 13.3. The summed E-state index contributed by atoms with van der Waals surface area (Å²) in [6.07, 6.45) is 3.33. The molecular weight excluding hydrogens is 684 g/mol. The van der Waals surface area contributed by atoms with Gasteiger partial charge in [-0.3, -0.25) is 9.36 Å². The van der Waals surface area contributed by atoms with Crippen molar-refractivity contribution in [3.63, 3.8) is 0 Å². The predicted molar refractivity (Wildman–Crippen MR) is 194 cm³/mol. The predicted octanol–water partition coefficient (Wildman–Crippen LogP) is 4.11. The third-order valence-corrected chi connectivity index (χ3v) is 17.1. The average molecular weight is 723 g/mol. The maximum absolute atomic E-state index is 12.9. The monoisotopic (exact) mass is 722 g/mol. The molecule has 9 rings (SSSR count). The lowest BCUT2D eigenvalue weighted by atomic mass is 10.0. The number of ether oxygens (including phenoxy) is 2. The molecule has 0 radical (unpaired) electrons. The van der Waals surface area contributed by atoms with Gasteiger partial charge in [0.1, 0.15) is 32.2 Å². The van der Waals surface area contributed by atoms with Gasteiger partial charge in [0.05, 0.1) is 25.6 Å². The summed E-state index contributed by atoms with van der Waals surface area (Å²) in [5.74, 6) is -0.0119. The number of carbonyl (C=O) groups excluding carboxylic acids is 1. The molecule has 2 N–H and O–H groups in total. The Kier molecular flexibility index (Phi) is 8.56. The van der Waals surface area contributed by atoms with Crippen molar-refractivity contribution in [3.05, 3.63) is 109 Å². The van der Waals surface area contributed by atoms with Gasteiger partial charge < -0.3 is 28.9 Å². The summed E-state index contributed by atoms with van der Waals surface area (Å²) in [6, 6.07) is 31.9. The molecule has 1 amide bonds. The summed E-state index contributed by atoms with van der Waals surface area (Å²) >= 11 is 0. The lowest BCUT2D eigenvalue weighted by Crippen LogP contribution is -2.58. The molecule has 0 spiro atoms. The highest BCUT2D eigenvalue weighted by Crippen LogP contribution is 2.61. The SMILES string of the molecule is C[Si](C[C@H]1O[P@](OC2[C@@H]3OC[C@]2(CO)O[C@H]3n2cnc3c(NC(=O)c4ccccc4)ncnc32)N2CCC[C@@H]12)(c1ccccc1)c1ccccc1. The molecule has 3 aromatic carbocycles. The minimum Gasteiger partial charge on any atom is -0.393 e. The fourth-order valence-electron chi connectivity index (χ4n) is 8.17. The highest BCUT2D eigenvalue weighted by atomic mass is 31.2. The van der Waals surface area contributed by atoms with E-state index in [4.69, 9.17) is 18.5 Å². The molecule has 4 aliphatic heterocycles. The Labute approximate surface area is 297 Å². The van der Waals surface area contributed by atoms with Crippen LogP contribution in [0.2, 0.25) is 12.6 Å². The highest BCUT2D eigenvalue weighted by Gasteiger charge is 2.65. The third-order valence-electron chi connectivity index (χ3n) is 10.9. The molecule has 7 atom stereocenters. The number of fused-ring (bicyclic) bond motifs is 4. The van der Waals surface area contributed by atoms with Gasteiger partial charge in [0.25, 0.3) is 14.4 Å². The summed E-state index contributed by atoms with van der Waals surface area (Å²) in [5, 5.41) is 16.4. The molecule has 2 bridgehead atoms. The number of benzene rings is 3. The number of nitrogens with zero attached hydrogens (tertiary/aromatic N) is 5. The molecule has 262 valence electrons. The van der Waals surface area contributed by atoms with Gasteiger partial charge in [0, 0.05) is 18.2 Å². The molecule has 2 aromatic heterocycles. The Bertz CT molecular complexity index is 1990. The van der Waals surface area contributed by atoms with Gasteiger partial charge in [-0.15, -0.1) is 0 Å². The second-order valence-corrected chi connectivity index (χ2v) is 19.6. The van der Waals surface area contributed by atoms with E-state index in [9.17, 15) is 9.90 Å². The molecule has 12 nitrogen and oxygen atoms in total. The van der Waals surface area contributed by atoms with Crippen molar-refractivity contribution in [1.29, 1.82) is 0 Å². The van der Waals surface area contributed by atoms with Crippen LogP contribution in [0.15, 0.2) is 104 Å². The van der Waals surface area contributed by atoms with E-state index in [2.05, 4.69) is 92.1 Å². The zero-order chi connectivity index (χ0) is 34.6. The van der Waals surface area contributed by atoms with E-state index in [1.807, 2.05) is 6.07 Å². The Morgan fingerprint density at radius 2 is 1.73 bits per heavy atom. The number of nitrogens with one attached hydrogen (secondary N) is 1. The molecule has 5 aromatic rings. The first kappa shape index (κ1) is 33.0. The third kappa shape index (κ3) is 5.63. The van der Waals surface area contributed by atoms with Crippen LogP contribution in [0.4, 0.5) is 5.82 Å². The van der Waals surface area contributed by atoms with Crippen molar-refractivity contribution in [3.8, 4) is 0 Å². The van der Waals surface area contributed by atoms with Crippen LogP contribution in [-0.2, 0) is 18.5 Å². The van der Waals surface area contributed by atoms with Crippen molar-refractivity contribution in [2.75, 3.05) is 25.1 Å². The average Bonchev–Trinajstić information content (AvgIpc) is 4.01. The summed E-state index contributed by atoms with van der Waals surface area (Å²) in [7, 11) is -3.62. The lowest BCUT2D eigenvalue weighted by Gasteiger charge is -2.32. The Morgan fingerprint density at radius 3 is 2.43 bits per heavy atom. The van der Waals surface area contributed by atoms with Crippen molar-refractivity contribution in [2.24, 2.45) is 0 Å². The van der Waals surface area contributed by atoms with Gasteiger partial charge in [-0.2, -0.15) is 0 Å². The van der Waals surface area contributed by atoms with E-state index >= 15 is 0 Å². The highest BCUT2D eigenvalue weighted by molar-refractivity contribution is 7.45. The van der Waals surface area contributed by atoms with Crippen molar-refractivity contribution in [2.45, 2.75) is 61.6 Å². The van der Waals surface area contributed by atoms with E-state index in [1.165, 1.54) is 16.7 Å². The van der Waals surface area contributed by atoms with Gasteiger partial charge in [-0.1, -0.05) is 95.8 Å². The fraction of sp³-hybridized carbons (Fsp3) is 0.351. The second-order valence-electron chi connectivity index (χ2n) is 13.9. The van der Waals surface area contributed by atoms with Crippen molar-refractivity contribution < 1.29 is 28.4 Å². The van der Waals surface area contributed by atoms with Crippen LogP contribution in [0.3, 0.4) is 0 Å². The maximum atomic E-state index is 12.9. The molecule has 14 heteroatoms. The molecule has 51 heavy (non-hydrogen) atoms. The molecule has 0 aliphatic carbocycles. The minimum atomic E-state index is -2.18. The Balaban J connectivity index is 0.970. The summed E-state index contributed by atoms with van der Waals surface area (Å²) in [5.41, 5.74) is 0.303. The number of amides is 1. The molecular formula is C37H39N6O6PSi. The van der Waals surface area contributed by atoms with Crippen LogP contribution in [0, 0.1) is 0 Å². The van der Waals surface area contributed by atoms with Gasteiger partial charge in [-0.25, -0.2) is 19.6 Å². The van der Waals surface area contributed by atoms with Crippen molar-refractivity contribution >= 4 is 49.9 Å². The number of aromatic nitrogens is 4. The first-order valence-electron chi connectivity index (χ1n) is 17.4. The van der Waals surface area contributed by atoms with Gasteiger partial charge >= 0.3 is 0 Å². The molecule has 4 fully saturated rings. The fourth-order valence-corrected chi connectivity index (χ4v) is 14.2. The number of hydrogen-bond donors (Lipinski definition) is 2. The number of hydrogen-bond acceptors (Lipinski definition) is 10. The number of rotatable bonds is 10. The quantitative estimate of drug-likeness (QED) is 0.160. The first-order valence-corrected chi connectivity index (χ1v) is 21.3. The van der Waals surface area contributed by atoms with Crippen LogP contribution in [0.1, 0.15) is 29.4 Å². The summed E-state index contributed by atoms with van der Waals surface area (Å²) < 4.78 is 31.0. The topological polar surface area (TPSA) is 133 Å². The molecule has 4 aliphatic rings. The number of imidazole rings is 1. The van der Waals surface area contributed by atoms with E-state index in [1.54, 1.807) is 35.2 Å². The summed E-state index contributed by atoms with van der Waals surface area (Å²) in [4.78, 5) is 26.3. The molecule has 4 saturated heterocycles. The molecule has 1 unspecified atom stereocenters. The van der Waals surface area contributed by atoms with Crippen LogP contribution < -0.4 is 15.7 Å². The number of carbonyl (C=O) groups is 1. The maximum Gasteiger partial charge on any atom is 0.259 e. The number of aliphatic hydroxyl groups is 1. The minimum absolute atomic E-state index is 0.0104. The summed E-state index contributed by atoms with van der Waals surface area (Å²) in [6.45, 7) is 3.26. The zero-order valence-electron chi connectivity index (χ0n) is 28.1. The van der Waals surface area contributed by atoms with E-state index in [-0.39, 0.29) is 37.1 Å². The van der Waals surface area contributed by atoms with Gasteiger partial charge in [0.15, 0.2) is 23.2 Å². The molecule has 0 saturated carbocycles. The lowest BCUT2D eigenvalue weighted by molar-refractivity contribution is -0.184. The van der Waals surface area contributed by atoms with Crippen molar-refractivity contribution in [1.82, 2.24) is 24.2 Å². The van der Waals surface area contributed by atoms with E-state index in [0.29, 0.717) is 16.7 Å². The van der Waals surface area contributed by atoms with Gasteiger partial charge in [0.2, 0.25) is 0 Å². The number of anilines is 1. The Morgan fingerprint density at radius 1 is 1.02 bits per heavy atom. The van der Waals surface area contributed by atoms with Crippen LogP contribution in [0.25, 0.3) is 11.2 Å². The largest absolute Gasteiger partial charge is 0.393 e. The smallest absolute Gasteiger partial charge is 0.259 e. The first-order chi connectivity index (χ1) is 25.0. The normalized spacial score (nSPS) is 28.7. The van der Waals surface area contributed by atoms with Crippen LogP contribution in [-0.4, -0.2) is 93.0 Å². The van der Waals surface area contributed by atoms with Crippen LogP contribution >= 0.6 is 8.53 Å². The van der Waals surface area contributed by atoms with Crippen LogP contribution in [0.5, 0.6) is 0 Å². The zero-order valence-corrected chi connectivity index (χ0v) is 30.0. The Hall–Kier alpha value is -3.91. The van der Waals surface area contributed by atoms with E-state index in [0.717, 1.165) is 25.4 Å². The number of aliphatic hydroxyl groups excluding tert-OH is 1.